The van der Waals surface area contributed by atoms with Crippen LogP contribution in [0, 0.1) is 5.41 Å². The minimum absolute atomic E-state index is 0.0272. The van der Waals surface area contributed by atoms with Crippen LogP contribution in [0.5, 0.6) is 0 Å². The van der Waals surface area contributed by atoms with E-state index in [0.29, 0.717) is 26.2 Å². The molecule has 102 valence electrons. The monoisotopic (exact) mass is 264 g/mol. The zero-order chi connectivity index (χ0) is 12.9. The van der Waals surface area contributed by atoms with Crippen LogP contribution in [-0.2, 0) is 14.8 Å². The van der Waals surface area contributed by atoms with Gasteiger partial charge in [0.15, 0.2) is 0 Å². The van der Waals surface area contributed by atoms with Gasteiger partial charge < -0.3 is 10.1 Å². The predicted molar refractivity (Wildman–Crippen MR) is 68.5 cm³/mol. The van der Waals surface area contributed by atoms with Crippen LogP contribution in [0.25, 0.3) is 0 Å². The Morgan fingerprint density at radius 1 is 1.41 bits per heavy atom. The second-order valence-corrected chi connectivity index (χ2v) is 7.43. The SMILES string of the molecule is COCCCN1CC(C)(C)CNCCS1(=O)=O. The van der Waals surface area contributed by atoms with Crippen molar-refractivity contribution in [3.8, 4) is 0 Å². The fourth-order valence-electron chi connectivity index (χ4n) is 1.99. The summed E-state index contributed by atoms with van der Waals surface area (Å²) in [6.07, 6.45) is 0.749. The topological polar surface area (TPSA) is 58.6 Å². The van der Waals surface area contributed by atoms with Crippen molar-refractivity contribution in [3.05, 3.63) is 0 Å². The molecule has 17 heavy (non-hydrogen) atoms. The van der Waals surface area contributed by atoms with Gasteiger partial charge in [0.1, 0.15) is 0 Å². The molecule has 1 aliphatic rings. The van der Waals surface area contributed by atoms with E-state index in [-0.39, 0.29) is 11.2 Å². The summed E-state index contributed by atoms with van der Waals surface area (Å²) in [5, 5.41) is 3.19. The zero-order valence-electron chi connectivity index (χ0n) is 11.0. The standard InChI is InChI=1S/C11H24N2O3S/c1-11(2)9-12-5-8-17(14,15)13(10-11)6-4-7-16-3/h12H,4-10H2,1-3H3. The van der Waals surface area contributed by atoms with Crippen molar-refractivity contribution in [1.82, 2.24) is 9.62 Å². The van der Waals surface area contributed by atoms with Crippen LogP contribution >= 0.6 is 0 Å². The highest BCUT2D eigenvalue weighted by molar-refractivity contribution is 7.89. The summed E-state index contributed by atoms with van der Waals surface area (Å²) in [5.41, 5.74) is -0.0272. The summed E-state index contributed by atoms with van der Waals surface area (Å²) in [5.74, 6) is 0.191. The molecule has 1 aliphatic heterocycles. The first-order valence-corrected chi connectivity index (χ1v) is 7.66. The molecule has 0 radical (unpaired) electrons. The Bertz CT molecular complexity index is 328. The molecule has 0 aromatic heterocycles. The number of rotatable bonds is 4. The lowest BCUT2D eigenvalue weighted by molar-refractivity contribution is 0.177. The average molecular weight is 264 g/mol. The quantitative estimate of drug-likeness (QED) is 0.741. The number of sulfonamides is 1. The largest absolute Gasteiger partial charge is 0.385 e. The molecule has 6 heteroatoms. The number of hydrogen-bond donors (Lipinski definition) is 1. The molecule has 0 aliphatic carbocycles. The smallest absolute Gasteiger partial charge is 0.215 e. The Labute approximate surface area is 105 Å². The first-order valence-electron chi connectivity index (χ1n) is 6.05. The van der Waals surface area contributed by atoms with Gasteiger partial charge in [-0.25, -0.2) is 12.7 Å². The Morgan fingerprint density at radius 3 is 2.76 bits per heavy atom. The maximum absolute atomic E-state index is 12.1. The minimum Gasteiger partial charge on any atom is -0.385 e. The van der Waals surface area contributed by atoms with E-state index < -0.39 is 10.0 Å². The zero-order valence-corrected chi connectivity index (χ0v) is 11.8. The van der Waals surface area contributed by atoms with Crippen molar-refractivity contribution < 1.29 is 13.2 Å². The Hall–Kier alpha value is -0.170. The van der Waals surface area contributed by atoms with Gasteiger partial charge in [0.2, 0.25) is 10.0 Å². The lowest BCUT2D eigenvalue weighted by atomic mass is 9.93. The highest BCUT2D eigenvalue weighted by Crippen LogP contribution is 2.20. The Balaban J connectivity index is 2.70. The summed E-state index contributed by atoms with van der Waals surface area (Å²) in [4.78, 5) is 0. The van der Waals surface area contributed by atoms with E-state index >= 15 is 0 Å². The second kappa shape index (κ2) is 6.13. The molecule has 1 saturated heterocycles. The molecule has 1 heterocycles. The summed E-state index contributed by atoms with van der Waals surface area (Å²) in [6.45, 7) is 7.29. The van der Waals surface area contributed by atoms with Gasteiger partial charge >= 0.3 is 0 Å². The predicted octanol–water partition coefficient (Wildman–Crippen LogP) is 0.284. The third-order valence-electron chi connectivity index (χ3n) is 2.89. The van der Waals surface area contributed by atoms with Crippen molar-refractivity contribution in [2.24, 2.45) is 5.41 Å². The van der Waals surface area contributed by atoms with Crippen LogP contribution in [-0.4, -0.2) is 58.4 Å². The summed E-state index contributed by atoms with van der Waals surface area (Å²) < 4.78 is 30.8. The van der Waals surface area contributed by atoms with Crippen LogP contribution < -0.4 is 5.32 Å². The van der Waals surface area contributed by atoms with Crippen molar-refractivity contribution in [3.63, 3.8) is 0 Å². The fraction of sp³-hybridized carbons (Fsp3) is 1.00. The van der Waals surface area contributed by atoms with Crippen molar-refractivity contribution >= 4 is 10.0 Å². The fourth-order valence-corrected chi connectivity index (χ4v) is 3.61. The van der Waals surface area contributed by atoms with Crippen LogP contribution in [0.3, 0.4) is 0 Å². The van der Waals surface area contributed by atoms with Gasteiger partial charge in [0.05, 0.1) is 5.75 Å². The van der Waals surface area contributed by atoms with Crippen LogP contribution in [0.1, 0.15) is 20.3 Å². The van der Waals surface area contributed by atoms with Gasteiger partial charge in [0, 0.05) is 39.9 Å². The molecule has 1 rings (SSSR count). The van der Waals surface area contributed by atoms with E-state index in [0.717, 1.165) is 13.0 Å². The van der Waals surface area contributed by atoms with Crippen molar-refractivity contribution in [2.75, 3.05) is 45.6 Å². The molecule has 0 saturated carbocycles. The van der Waals surface area contributed by atoms with Gasteiger partial charge in [-0.2, -0.15) is 0 Å². The van der Waals surface area contributed by atoms with E-state index in [9.17, 15) is 8.42 Å². The minimum atomic E-state index is -3.12. The van der Waals surface area contributed by atoms with Crippen LogP contribution in [0.4, 0.5) is 0 Å². The Morgan fingerprint density at radius 2 is 2.12 bits per heavy atom. The van der Waals surface area contributed by atoms with E-state index in [2.05, 4.69) is 19.2 Å². The van der Waals surface area contributed by atoms with E-state index in [4.69, 9.17) is 4.74 Å². The lowest BCUT2D eigenvalue weighted by Crippen LogP contribution is -2.49. The van der Waals surface area contributed by atoms with Crippen molar-refractivity contribution in [1.29, 1.82) is 0 Å². The third-order valence-corrected chi connectivity index (χ3v) is 4.71. The van der Waals surface area contributed by atoms with Crippen LogP contribution in [0.15, 0.2) is 0 Å². The molecule has 0 bridgehead atoms. The molecule has 1 fully saturated rings. The highest BCUT2D eigenvalue weighted by atomic mass is 32.2. The molecular weight excluding hydrogens is 240 g/mol. The molecule has 0 unspecified atom stereocenters. The maximum atomic E-state index is 12.1. The van der Waals surface area contributed by atoms with Gasteiger partial charge in [-0.05, 0) is 11.8 Å². The molecule has 0 atom stereocenters. The molecule has 0 spiro atoms. The average Bonchev–Trinajstić information content (AvgIpc) is 2.22. The summed E-state index contributed by atoms with van der Waals surface area (Å²) >= 11 is 0. The highest BCUT2D eigenvalue weighted by Gasteiger charge is 2.30. The van der Waals surface area contributed by atoms with E-state index in [1.807, 2.05) is 0 Å². The number of nitrogens with one attached hydrogen (secondary N) is 1. The molecule has 5 nitrogen and oxygen atoms in total. The van der Waals surface area contributed by atoms with Gasteiger partial charge in [-0.1, -0.05) is 13.8 Å². The van der Waals surface area contributed by atoms with Gasteiger partial charge in [0.25, 0.3) is 0 Å². The first kappa shape index (κ1) is 14.9. The van der Waals surface area contributed by atoms with Crippen LogP contribution in [0.2, 0.25) is 0 Å². The number of hydrogen-bond acceptors (Lipinski definition) is 4. The number of nitrogens with zero attached hydrogens (tertiary/aromatic N) is 1. The lowest BCUT2D eigenvalue weighted by Gasteiger charge is -2.34. The molecular formula is C11H24N2O3S. The second-order valence-electron chi connectivity index (χ2n) is 5.34. The van der Waals surface area contributed by atoms with E-state index in [1.54, 1.807) is 11.4 Å². The van der Waals surface area contributed by atoms with E-state index in [1.165, 1.54) is 0 Å². The molecule has 0 amide bonds. The molecule has 0 aromatic rings. The summed E-state index contributed by atoms with van der Waals surface area (Å²) in [7, 11) is -1.48. The van der Waals surface area contributed by atoms with Gasteiger partial charge in [-0.3, -0.25) is 0 Å². The maximum Gasteiger partial charge on any atom is 0.215 e. The van der Waals surface area contributed by atoms with Crippen molar-refractivity contribution in [2.45, 2.75) is 20.3 Å². The van der Waals surface area contributed by atoms with Gasteiger partial charge in [-0.15, -0.1) is 0 Å². The Kier molecular flexibility index (Phi) is 5.37. The third kappa shape index (κ3) is 4.91. The first-order chi connectivity index (χ1) is 7.87. The number of ether oxygens (including phenoxy) is 1. The summed E-state index contributed by atoms with van der Waals surface area (Å²) in [6, 6.07) is 0. The molecule has 1 N–H and O–H groups in total. The normalized spacial score (nSPS) is 25.1. The molecule has 0 aromatic carbocycles. The number of methoxy groups -OCH3 is 1.